The maximum Gasteiger partial charge on any atom is 0.416 e. The fourth-order valence-corrected chi connectivity index (χ4v) is 2.06. The first-order valence-electron chi connectivity index (χ1n) is 5.66. The average molecular weight is 256 g/mol. The predicted octanol–water partition coefficient (Wildman–Crippen LogP) is 3.38. The van der Waals surface area contributed by atoms with E-state index in [1.54, 1.807) is 26.8 Å². The Morgan fingerprint density at radius 3 is 2.33 bits per heavy atom. The number of nitrogens with zero attached hydrogens (tertiary/aromatic N) is 1. The van der Waals surface area contributed by atoms with E-state index in [2.05, 4.69) is 4.99 Å². The van der Waals surface area contributed by atoms with Crippen LogP contribution in [0, 0.1) is 6.92 Å². The fraction of sp³-hybridized carbons (Fsp3) is 0.462. The maximum atomic E-state index is 13.0. The number of fused-ring (bicyclic) bond motifs is 1. The lowest BCUT2D eigenvalue weighted by atomic mass is 9.93. The molecule has 0 saturated heterocycles. The van der Waals surface area contributed by atoms with Crippen molar-refractivity contribution in [2.24, 2.45) is 10.7 Å². The number of aliphatic imine (C=N–C) groups is 1. The summed E-state index contributed by atoms with van der Waals surface area (Å²) in [5, 5.41) is 0. The zero-order chi connectivity index (χ0) is 13.7. The van der Waals surface area contributed by atoms with Crippen molar-refractivity contribution >= 4 is 11.4 Å². The minimum Gasteiger partial charge on any atom is -0.321 e. The Bertz CT molecular complexity index is 522. The molecule has 0 fully saturated rings. The second kappa shape index (κ2) is 3.82. The molecule has 1 aliphatic heterocycles. The molecule has 0 amide bonds. The molecule has 0 saturated carbocycles. The SMILES string of the molecule is Cc1cc2c(c(C(F)(F)F)c1)CC(C(C)(C)N)=N2. The van der Waals surface area contributed by atoms with Crippen molar-refractivity contribution in [1.29, 1.82) is 0 Å². The third-order valence-corrected chi connectivity index (χ3v) is 3.02. The molecule has 1 aliphatic rings. The van der Waals surface area contributed by atoms with Gasteiger partial charge in [-0.05, 0) is 44.0 Å². The van der Waals surface area contributed by atoms with Crippen LogP contribution in [0.2, 0.25) is 0 Å². The lowest BCUT2D eigenvalue weighted by Gasteiger charge is -2.18. The molecule has 0 unspecified atom stereocenters. The second-order valence-electron chi connectivity index (χ2n) is 5.26. The van der Waals surface area contributed by atoms with Crippen LogP contribution < -0.4 is 5.73 Å². The fourth-order valence-electron chi connectivity index (χ4n) is 2.06. The van der Waals surface area contributed by atoms with Crippen LogP contribution in [0.25, 0.3) is 0 Å². The van der Waals surface area contributed by atoms with Gasteiger partial charge in [0.25, 0.3) is 0 Å². The highest BCUT2D eigenvalue weighted by atomic mass is 19.4. The monoisotopic (exact) mass is 256 g/mol. The van der Waals surface area contributed by atoms with Crippen LogP contribution in [-0.4, -0.2) is 11.3 Å². The first-order valence-corrected chi connectivity index (χ1v) is 5.66. The summed E-state index contributed by atoms with van der Waals surface area (Å²) in [4.78, 5) is 4.25. The van der Waals surface area contributed by atoms with Crippen LogP contribution in [-0.2, 0) is 12.6 Å². The Morgan fingerprint density at radius 1 is 1.22 bits per heavy atom. The summed E-state index contributed by atoms with van der Waals surface area (Å²) >= 11 is 0. The van der Waals surface area contributed by atoms with E-state index in [4.69, 9.17) is 5.73 Å². The minimum absolute atomic E-state index is 0.175. The van der Waals surface area contributed by atoms with Crippen molar-refractivity contribution in [1.82, 2.24) is 0 Å². The molecule has 1 heterocycles. The smallest absolute Gasteiger partial charge is 0.321 e. The van der Waals surface area contributed by atoms with E-state index < -0.39 is 17.3 Å². The summed E-state index contributed by atoms with van der Waals surface area (Å²) in [5.74, 6) is 0. The van der Waals surface area contributed by atoms with E-state index >= 15 is 0 Å². The lowest BCUT2D eigenvalue weighted by molar-refractivity contribution is -0.138. The molecule has 0 radical (unpaired) electrons. The number of aryl methyl sites for hydroxylation is 1. The van der Waals surface area contributed by atoms with Crippen molar-refractivity contribution in [2.75, 3.05) is 0 Å². The highest BCUT2D eigenvalue weighted by Crippen LogP contribution is 2.40. The van der Waals surface area contributed by atoms with Gasteiger partial charge in [0.2, 0.25) is 0 Å². The number of alkyl halides is 3. The highest BCUT2D eigenvalue weighted by molar-refractivity contribution is 6.00. The highest BCUT2D eigenvalue weighted by Gasteiger charge is 2.37. The molecule has 0 aromatic heterocycles. The van der Waals surface area contributed by atoms with Gasteiger partial charge in [-0.3, -0.25) is 4.99 Å². The van der Waals surface area contributed by atoms with Crippen molar-refractivity contribution in [3.8, 4) is 0 Å². The summed E-state index contributed by atoms with van der Waals surface area (Å²) < 4.78 is 38.9. The van der Waals surface area contributed by atoms with Crippen molar-refractivity contribution in [2.45, 2.75) is 38.9 Å². The molecule has 0 spiro atoms. The molecular formula is C13H15F3N2. The van der Waals surface area contributed by atoms with E-state index in [-0.39, 0.29) is 12.0 Å². The van der Waals surface area contributed by atoms with Crippen LogP contribution in [0.4, 0.5) is 18.9 Å². The Morgan fingerprint density at radius 2 is 1.83 bits per heavy atom. The van der Waals surface area contributed by atoms with Crippen LogP contribution in [0.1, 0.15) is 30.5 Å². The Kier molecular flexibility index (Phi) is 2.77. The zero-order valence-corrected chi connectivity index (χ0v) is 10.5. The molecule has 5 heteroatoms. The van der Waals surface area contributed by atoms with E-state index in [9.17, 15) is 13.2 Å². The molecule has 0 atom stereocenters. The maximum absolute atomic E-state index is 13.0. The molecule has 98 valence electrons. The largest absolute Gasteiger partial charge is 0.416 e. The third-order valence-electron chi connectivity index (χ3n) is 3.02. The van der Waals surface area contributed by atoms with E-state index in [0.29, 0.717) is 17.0 Å². The van der Waals surface area contributed by atoms with Gasteiger partial charge in [-0.1, -0.05) is 0 Å². The average Bonchev–Trinajstić information content (AvgIpc) is 2.57. The topological polar surface area (TPSA) is 38.4 Å². The second-order valence-corrected chi connectivity index (χ2v) is 5.26. The standard InChI is InChI=1S/C13H15F3N2/c1-7-4-9(13(14,15)16)8-6-11(12(2,3)17)18-10(8)5-7/h4-5H,6,17H2,1-3H3. The minimum atomic E-state index is -4.35. The first-order chi connectivity index (χ1) is 8.09. The molecule has 0 aliphatic carbocycles. The van der Waals surface area contributed by atoms with Gasteiger partial charge in [0.1, 0.15) is 0 Å². The van der Waals surface area contributed by atoms with Crippen LogP contribution in [0.5, 0.6) is 0 Å². The van der Waals surface area contributed by atoms with Crippen molar-refractivity contribution < 1.29 is 13.2 Å². The third kappa shape index (κ3) is 2.27. The number of halogens is 3. The normalized spacial score (nSPS) is 15.6. The van der Waals surface area contributed by atoms with Gasteiger partial charge in [-0.25, -0.2) is 0 Å². The lowest BCUT2D eigenvalue weighted by Crippen LogP contribution is -2.41. The van der Waals surface area contributed by atoms with Gasteiger partial charge in [0.15, 0.2) is 0 Å². The van der Waals surface area contributed by atoms with Gasteiger partial charge in [0, 0.05) is 17.7 Å². The van der Waals surface area contributed by atoms with Crippen LogP contribution >= 0.6 is 0 Å². The quantitative estimate of drug-likeness (QED) is 0.821. The molecule has 1 aromatic carbocycles. The summed E-state index contributed by atoms with van der Waals surface area (Å²) in [6.45, 7) is 5.13. The number of hydrogen-bond acceptors (Lipinski definition) is 2. The van der Waals surface area contributed by atoms with Crippen LogP contribution in [0.3, 0.4) is 0 Å². The molecule has 2 N–H and O–H groups in total. The molecule has 2 rings (SSSR count). The van der Waals surface area contributed by atoms with Crippen molar-refractivity contribution in [3.63, 3.8) is 0 Å². The molecular weight excluding hydrogens is 241 g/mol. The molecule has 18 heavy (non-hydrogen) atoms. The Labute approximate surface area is 104 Å². The summed E-state index contributed by atoms with van der Waals surface area (Å²) in [7, 11) is 0. The zero-order valence-electron chi connectivity index (χ0n) is 10.5. The Hall–Kier alpha value is -1.36. The number of nitrogens with two attached hydrogens (primary N) is 1. The number of benzene rings is 1. The van der Waals surface area contributed by atoms with Gasteiger partial charge in [-0.2, -0.15) is 13.2 Å². The molecule has 2 nitrogen and oxygen atoms in total. The van der Waals surface area contributed by atoms with Gasteiger partial charge in [-0.15, -0.1) is 0 Å². The number of rotatable bonds is 1. The number of hydrogen-bond donors (Lipinski definition) is 1. The predicted molar refractivity (Wildman–Crippen MR) is 65.2 cm³/mol. The summed E-state index contributed by atoms with van der Waals surface area (Å²) in [6.07, 6.45) is -4.17. The Balaban J connectivity index is 2.54. The van der Waals surface area contributed by atoms with Crippen molar-refractivity contribution in [3.05, 3.63) is 28.8 Å². The van der Waals surface area contributed by atoms with E-state index in [1.807, 2.05) is 0 Å². The van der Waals surface area contributed by atoms with Gasteiger partial charge in [0.05, 0.1) is 11.3 Å². The van der Waals surface area contributed by atoms with E-state index in [0.717, 1.165) is 0 Å². The molecule has 1 aromatic rings. The summed E-state index contributed by atoms with van der Waals surface area (Å²) in [6, 6.07) is 2.84. The molecule has 0 bridgehead atoms. The van der Waals surface area contributed by atoms with Gasteiger partial charge >= 0.3 is 6.18 Å². The van der Waals surface area contributed by atoms with Gasteiger partial charge < -0.3 is 5.73 Å². The van der Waals surface area contributed by atoms with E-state index in [1.165, 1.54) is 6.07 Å². The summed E-state index contributed by atoms with van der Waals surface area (Å²) in [5.41, 5.74) is 6.39. The first kappa shape index (κ1) is 13.1. The van der Waals surface area contributed by atoms with Crippen LogP contribution in [0.15, 0.2) is 17.1 Å².